The lowest BCUT2D eigenvalue weighted by Crippen LogP contribution is -2.43. The Kier molecular flexibility index (Phi) is 4.58. The molecule has 2 N–H and O–H groups in total. The van der Waals surface area contributed by atoms with Crippen molar-refractivity contribution in [3.63, 3.8) is 0 Å². The van der Waals surface area contributed by atoms with Gasteiger partial charge in [-0.1, -0.05) is 31.2 Å². The first-order valence-corrected chi connectivity index (χ1v) is 10.8. The molecule has 2 aromatic heterocycles. The number of fused-ring (bicyclic) bond motifs is 2. The summed E-state index contributed by atoms with van der Waals surface area (Å²) in [5.74, 6) is 0.0377. The highest BCUT2D eigenvalue weighted by atomic mass is 16.3. The van der Waals surface area contributed by atoms with E-state index in [1.54, 1.807) is 7.05 Å². The molecule has 164 valence electrons. The third-order valence-electron chi connectivity index (χ3n) is 6.76. The smallest absolute Gasteiger partial charge is 0.265 e. The molecular weight excluding hydrogens is 404 g/mol. The lowest BCUT2D eigenvalue weighted by Gasteiger charge is -2.39. The molecule has 7 heteroatoms. The Labute approximate surface area is 185 Å². The first kappa shape index (κ1) is 20.3. The van der Waals surface area contributed by atoms with Gasteiger partial charge in [0.2, 0.25) is 5.89 Å². The van der Waals surface area contributed by atoms with Crippen molar-refractivity contribution < 1.29 is 9.21 Å². The van der Waals surface area contributed by atoms with Crippen LogP contribution in [0.1, 0.15) is 41.6 Å². The normalized spacial score (nSPS) is 16.0. The molecule has 0 atom stereocenters. The van der Waals surface area contributed by atoms with Crippen molar-refractivity contribution >= 4 is 33.6 Å². The van der Waals surface area contributed by atoms with Crippen LogP contribution in [0.15, 0.2) is 51.7 Å². The van der Waals surface area contributed by atoms with Gasteiger partial charge in [-0.2, -0.15) is 0 Å². The number of amides is 1. The van der Waals surface area contributed by atoms with E-state index in [-0.39, 0.29) is 16.5 Å². The molecule has 32 heavy (non-hydrogen) atoms. The highest BCUT2D eigenvalue weighted by molar-refractivity contribution is 6.07. The van der Waals surface area contributed by atoms with Crippen LogP contribution in [0, 0.1) is 6.92 Å². The molecule has 0 aliphatic carbocycles. The number of nitrogens with two attached hydrogens (primary N) is 1. The molecule has 0 saturated carbocycles. The van der Waals surface area contributed by atoms with Crippen molar-refractivity contribution in [2.24, 2.45) is 12.8 Å². The maximum absolute atomic E-state index is 13.0. The van der Waals surface area contributed by atoms with Crippen LogP contribution in [0.25, 0.3) is 22.0 Å². The maximum atomic E-state index is 13.0. The molecule has 0 bridgehead atoms. The molecule has 0 spiro atoms. The van der Waals surface area contributed by atoms with Crippen molar-refractivity contribution in [2.75, 3.05) is 18.0 Å². The van der Waals surface area contributed by atoms with Crippen LogP contribution in [0.3, 0.4) is 0 Å². The Balaban J connectivity index is 1.54. The summed E-state index contributed by atoms with van der Waals surface area (Å²) in [7, 11) is 1.67. The Morgan fingerprint density at radius 2 is 1.88 bits per heavy atom. The number of oxazole rings is 1. The van der Waals surface area contributed by atoms with Gasteiger partial charge in [-0.3, -0.25) is 9.59 Å². The summed E-state index contributed by atoms with van der Waals surface area (Å²) < 4.78 is 7.61. The summed E-state index contributed by atoms with van der Waals surface area (Å²) in [5.41, 5.74) is 9.35. The molecule has 1 amide bonds. The summed E-state index contributed by atoms with van der Waals surface area (Å²) in [4.78, 5) is 32.2. The van der Waals surface area contributed by atoms with Gasteiger partial charge < -0.3 is 19.6 Å². The Hall–Kier alpha value is -3.61. The number of carbonyl (C=O) groups is 1. The number of anilines is 1. The third kappa shape index (κ3) is 3.07. The molecule has 4 aromatic rings. The summed E-state index contributed by atoms with van der Waals surface area (Å²) >= 11 is 0. The SMILES string of the molecule is Cc1ccc2oc(C3(C)CCN(c4c(C(N)=O)c(=O)n(C)c5ccccc45)CC3)nc2c1. The van der Waals surface area contributed by atoms with Gasteiger partial charge in [-0.25, -0.2) is 4.98 Å². The lowest BCUT2D eigenvalue weighted by atomic mass is 9.80. The predicted molar refractivity (Wildman–Crippen MR) is 125 cm³/mol. The summed E-state index contributed by atoms with van der Waals surface area (Å²) in [6.07, 6.45) is 1.56. The minimum absolute atomic E-state index is 0.0483. The van der Waals surface area contributed by atoms with Gasteiger partial charge in [0, 0.05) is 30.9 Å². The highest BCUT2D eigenvalue weighted by Crippen LogP contribution is 2.39. The molecule has 1 saturated heterocycles. The van der Waals surface area contributed by atoms with E-state index in [1.165, 1.54) is 4.57 Å². The Bertz CT molecular complexity index is 1420. The van der Waals surface area contributed by atoms with Crippen LogP contribution in [-0.4, -0.2) is 28.5 Å². The number of hydrogen-bond donors (Lipinski definition) is 1. The summed E-state index contributed by atoms with van der Waals surface area (Å²) in [6.45, 7) is 5.52. The van der Waals surface area contributed by atoms with Gasteiger partial charge in [0.1, 0.15) is 11.1 Å². The van der Waals surface area contributed by atoms with E-state index in [9.17, 15) is 9.59 Å². The van der Waals surface area contributed by atoms with Gasteiger partial charge in [0.15, 0.2) is 5.58 Å². The molecule has 5 rings (SSSR count). The van der Waals surface area contributed by atoms with E-state index >= 15 is 0 Å². The van der Waals surface area contributed by atoms with Crippen molar-refractivity contribution in [1.29, 1.82) is 0 Å². The predicted octanol–water partition coefficient (Wildman–Crippen LogP) is 3.65. The minimum Gasteiger partial charge on any atom is -0.440 e. The topological polar surface area (TPSA) is 94.4 Å². The zero-order chi connectivity index (χ0) is 22.6. The number of aromatic nitrogens is 2. The largest absolute Gasteiger partial charge is 0.440 e. The van der Waals surface area contributed by atoms with Crippen LogP contribution in [0.4, 0.5) is 5.69 Å². The fourth-order valence-corrected chi connectivity index (χ4v) is 4.76. The number of benzene rings is 2. The van der Waals surface area contributed by atoms with Gasteiger partial charge in [-0.15, -0.1) is 0 Å². The van der Waals surface area contributed by atoms with Gasteiger partial charge in [-0.05, 0) is 43.5 Å². The van der Waals surface area contributed by atoms with E-state index in [4.69, 9.17) is 15.1 Å². The van der Waals surface area contributed by atoms with E-state index in [1.807, 2.05) is 49.4 Å². The van der Waals surface area contributed by atoms with Gasteiger partial charge in [0.25, 0.3) is 11.5 Å². The van der Waals surface area contributed by atoms with Crippen LogP contribution >= 0.6 is 0 Å². The fraction of sp³-hybridized carbons (Fsp3) is 0.320. The van der Waals surface area contributed by atoms with Gasteiger partial charge >= 0.3 is 0 Å². The van der Waals surface area contributed by atoms with Crippen molar-refractivity contribution in [3.05, 3.63) is 69.8 Å². The molecule has 0 unspecified atom stereocenters. The van der Waals surface area contributed by atoms with E-state index in [2.05, 4.69) is 11.8 Å². The molecule has 1 aliphatic heterocycles. The number of hydrogen-bond acceptors (Lipinski definition) is 5. The van der Waals surface area contributed by atoms with Crippen LogP contribution in [0.2, 0.25) is 0 Å². The number of piperidine rings is 1. The second-order valence-electron chi connectivity index (χ2n) is 9.01. The lowest BCUT2D eigenvalue weighted by molar-refractivity contribution is 0.0999. The summed E-state index contributed by atoms with van der Waals surface area (Å²) in [6, 6.07) is 13.6. The molecule has 0 radical (unpaired) electrons. The maximum Gasteiger partial charge on any atom is 0.265 e. The number of primary amides is 1. The fourth-order valence-electron chi connectivity index (χ4n) is 4.76. The second-order valence-corrected chi connectivity index (χ2v) is 9.01. The minimum atomic E-state index is -0.700. The monoisotopic (exact) mass is 430 g/mol. The number of pyridine rings is 1. The zero-order valence-corrected chi connectivity index (χ0v) is 18.5. The van der Waals surface area contributed by atoms with E-state index in [0.717, 1.165) is 46.3 Å². The van der Waals surface area contributed by atoms with Gasteiger partial charge in [0.05, 0.1) is 11.2 Å². The van der Waals surface area contributed by atoms with Crippen LogP contribution < -0.4 is 16.2 Å². The van der Waals surface area contributed by atoms with E-state index < -0.39 is 5.91 Å². The molecule has 3 heterocycles. The molecule has 7 nitrogen and oxygen atoms in total. The molecular formula is C25H26N4O3. The standard InChI is InChI=1S/C25H26N4O3/c1-15-8-9-19-17(14-15)27-24(32-19)25(2)10-12-29(13-11-25)21-16-6-4-5-7-18(16)28(3)23(31)20(21)22(26)30/h4-9,14H,10-13H2,1-3H3,(H2,26,30). The Morgan fingerprint density at radius 1 is 1.16 bits per heavy atom. The quantitative estimate of drug-likeness (QED) is 0.535. The number of nitrogens with zero attached hydrogens (tertiary/aromatic N) is 3. The Morgan fingerprint density at radius 3 is 2.59 bits per heavy atom. The molecule has 1 aliphatic rings. The first-order chi connectivity index (χ1) is 15.3. The molecule has 1 fully saturated rings. The number of aryl methyl sites for hydroxylation is 2. The highest BCUT2D eigenvalue weighted by Gasteiger charge is 2.38. The first-order valence-electron chi connectivity index (χ1n) is 10.8. The number of carbonyl (C=O) groups excluding carboxylic acids is 1. The van der Waals surface area contributed by atoms with Crippen LogP contribution in [-0.2, 0) is 12.5 Å². The summed E-state index contributed by atoms with van der Waals surface area (Å²) in [5, 5.41) is 0.851. The molecule has 2 aromatic carbocycles. The number of rotatable bonds is 3. The average molecular weight is 431 g/mol. The van der Waals surface area contributed by atoms with Crippen LogP contribution in [0.5, 0.6) is 0 Å². The average Bonchev–Trinajstić information content (AvgIpc) is 3.21. The van der Waals surface area contributed by atoms with Crippen molar-refractivity contribution in [1.82, 2.24) is 9.55 Å². The van der Waals surface area contributed by atoms with Crippen molar-refractivity contribution in [2.45, 2.75) is 32.1 Å². The van der Waals surface area contributed by atoms with E-state index in [0.29, 0.717) is 18.8 Å². The second kappa shape index (κ2) is 7.22. The number of para-hydroxylation sites is 1. The third-order valence-corrected chi connectivity index (χ3v) is 6.76. The van der Waals surface area contributed by atoms with Crippen molar-refractivity contribution in [3.8, 4) is 0 Å². The zero-order valence-electron chi connectivity index (χ0n) is 18.5.